The molecule has 3 rings (SSSR count). The molecule has 1 amide bonds. The highest BCUT2D eigenvalue weighted by atomic mass is 16.5. The molecule has 2 aromatic rings. The van der Waals surface area contributed by atoms with Gasteiger partial charge < -0.3 is 19.7 Å². The lowest BCUT2D eigenvalue weighted by Crippen LogP contribution is -2.48. The first-order chi connectivity index (χ1) is 11.0. The van der Waals surface area contributed by atoms with E-state index in [4.69, 9.17) is 4.74 Å². The Morgan fingerprint density at radius 2 is 1.83 bits per heavy atom. The molecule has 2 unspecified atom stereocenters. The van der Waals surface area contributed by atoms with Crippen molar-refractivity contribution < 1.29 is 14.6 Å². The normalized spacial score (nSPS) is 21.4. The number of aromatic nitrogens is 2. The summed E-state index contributed by atoms with van der Waals surface area (Å²) < 4.78 is 6.77. The summed E-state index contributed by atoms with van der Waals surface area (Å²) in [4.78, 5) is 28.4. The summed E-state index contributed by atoms with van der Waals surface area (Å²) in [5.74, 6) is -0.242. The molecule has 1 aliphatic rings. The molecule has 0 radical (unpaired) electrons. The van der Waals surface area contributed by atoms with Gasteiger partial charge in [-0.2, -0.15) is 0 Å². The molecule has 2 N–H and O–H groups in total. The van der Waals surface area contributed by atoms with Crippen molar-refractivity contribution in [3.05, 3.63) is 46.5 Å². The van der Waals surface area contributed by atoms with Gasteiger partial charge in [-0.3, -0.25) is 4.79 Å². The summed E-state index contributed by atoms with van der Waals surface area (Å²) in [6.45, 7) is 5.01. The zero-order chi connectivity index (χ0) is 16.6. The number of hydrogen-bond donors (Lipinski definition) is 2. The van der Waals surface area contributed by atoms with E-state index in [1.54, 1.807) is 29.2 Å². The van der Waals surface area contributed by atoms with Crippen molar-refractivity contribution in [2.24, 2.45) is 0 Å². The molecule has 1 aliphatic heterocycles. The SMILES string of the molecule is CC1CN(C(=O)c2ccc(-n3c(O)c[nH]c3=O)cc2)CC(C)O1. The number of hydrogen-bond acceptors (Lipinski definition) is 4. The number of aromatic amines is 1. The fraction of sp³-hybridized carbons (Fsp3) is 0.375. The topological polar surface area (TPSA) is 87.6 Å². The van der Waals surface area contributed by atoms with E-state index in [1.165, 1.54) is 6.20 Å². The van der Waals surface area contributed by atoms with Crippen LogP contribution in [-0.4, -0.2) is 50.8 Å². The number of benzene rings is 1. The smallest absolute Gasteiger partial charge is 0.333 e. The number of carbonyl (C=O) groups is 1. The van der Waals surface area contributed by atoms with Crippen molar-refractivity contribution in [1.29, 1.82) is 0 Å². The van der Waals surface area contributed by atoms with Gasteiger partial charge in [0.15, 0.2) is 0 Å². The molecule has 1 aromatic heterocycles. The molecule has 1 aromatic carbocycles. The fourth-order valence-corrected chi connectivity index (χ4v) is 2.89. The Hall–Kier alpha value is -2.54. The van der Waals surface area contributed by atoms with Crippen molar-refractivity contribution in [2.75, 3.05) is 13.1 Å². The highest BCUT2D eigenvalue weighted by Gasteiger charge is 2.26. The summed E-state index contributed by atoms with van der Waals surface area (Å²) in [5.41, 5.74) is 0.601. The second-order valence-electron chi connectivity index (χ2n) is 5.80. The molecule has 122 valence electrons. The van der Waals surface area contributed by atoms with Crippen LogP contribution in [-0.2, 0) is 4.74 Å². The monoisotopic (exact) mass is 317 g/mol. The van der Waals surface area contributed by atoms with E-state index in [0.717, 1.165) is 4.57 Å². The van der Waals surface area contributed by atoms with Gasteiger partial charge in [0.05, 0.1) is 24.1 Å². The average Bonchev–Trinajstić information content (AvgIpc) is 2.85. The Bertz CT molecular complexity index is 752. The van der Waals surface area contributed by atoms with Gasteiger partial charge in [-0.15, -0.1) is 0 Å². The zero-order valence-corrected chi connectivity index (χ0v) is 13.0. The Morgan fingerprint density at radius 3 is 2.35 bits per heavy atom. The van der Waals surface area contributed by atoms with Crippen LogP contribution in [0.4, 0.5) is 0 Å². The average molecular weight is 317 g/mol. The molecule has 7 nitrogen and oxygen atoms in total. The van der Waals surface area contributed by atoms with Crippen molar-refractivity contribution >= 4 is 5.91 Å². The molecular weight excluding hydrogens is 298 g/mol. The number of ether oxygens (including phenoxy) is 1. The van der Waals surface area contributed by atoms with E-state index in [2.05, 4.69) is 4.98 Å². The van der Waals surface area contributed by atoms with Crippen molar-refractivity contribution in [3.8, 4) is 11.6 Å². The van der Waals surface area contributed by atoms with Crippen LogP contribution in [0.5, 0.6) is 5.88 Å². The third kappa shape index (κ3) is 3.00. The minimum absolute atomic E-state index is 0.0114. The minimum atomic E-state index is -0.433. The maximum absolute atomic E-state index is 12.6. The number of nitrogens with one attached hydrogen (secondary N) is 1. The summed E-state index contributed by atoms with van der Waals surface area (Å²) >= 11 is 0. The van der Waals surface area contributed by atoms with Crippen molar-refractivity contribution in [3.63, 3.8) is 0 Å². The largest absolute Gasteiger partial charge is 0.493 e. The van der Waals surface area contributed by atoms with Crippen LogP contribution in [0, 0.1) is 0 Å². The molecule has 0 aliphatic carbocycles. The van der Waals surface area contributed by atoms with E-state index in [9.17, 15) is 14.7 Å². The van der Waals surface area contributed by atoms with E-state index in [1.807, 2.05) is 13.8 Å². The Morgan fingerprint density at radius 1 is 1.22 bits per heavy atom. The molecule has 0 spiro atoms. The molecule has 2 atom stereocenters. The molecule has 1 saturated heterocycles. The van der Waals surface area contributed by atoms with Crippen LogP contribution in [0.15, 0.2) is 35.3 Å². The van der Waals surface area contributed by atoms with Gasteiger partial charge >= 0.3 is 5.69 Å². The maximum atomic E-state index is 12.6. The van der Waals surface area contributed by atoms with E-state index in [0.29, 0.717) is 24.3 Å². The number of imidazole rings is 1. The second kappa shape index (κ2) is 5.92. The Balaban J connectivity index is 1.82. The van der Waals surface area contributed by atoms with Crippen molar-refractivity contribution in [2.45, 2.75) is 26.1 Å². The van der Waals surface area contributed by atoms with Gasteiger partial charge in [0, 0.05) is 18.7 Å². The first-order valence-electron chi connectivity index (χ1n) is 7.50. The zero-order valence-electron chi connectivity index (χ0n) is 13.0. The third-order valence-corrected chi connectivity index (χ3v) is 3.84. The maximum Gasteiger partial charge on any atom is 0.333 e. The van der Waals surface area contributed by atoms with Gasteiger partial charge in [0.1, 0.15) is 0 Å². The standard InChI is InChI=1S/C16H19N3O4/c1-10-8-18(9-11(2)23-10)15(21)12-3-5-13(6-4-12)19-14(20)7-17-16(19)22/h3-7,10-11,20H,8-9H2,1-2H3,(H,17,22). The van der Waals surface area contributed by atoms with Crippen LogP contribution in [0.3, 0.4) is 0 Å². The number of amides is 1. The highest BCUT2D eigenvalue weighted by molar-refractivity contribution is 5.94. The van der Waals surface area contributed by atoms with Gasteiger partial charge in [-0.05, 0) is 38.1 Å². The lowest BCUT2D eigenvalue weighted by Gasteiger charge is -2.35. The summed E-state index contributed by atoms with van der Waals surface area (Å²) in [5, 5.41) is 9.67. The van der Waals surface area contributed by atoms with Crippen molar-refractivity contribution in [1.82, 2.24) is 14.5 Å². The van der Waals surface area contributed by atoms with Gasteiger partial charge in [0.2, 0.25) is 5.88 Å². The van der Waals surface area contributed by atoms with Crippen LogP contribution in [0.25, 0.3) is 5.69 Å². The van der Waals surface area contributed by atoms with Gasteiger partial charge in [-0.1, -0.05) is 0 Å². The number of H-pyrrole nitrogens is 1. The second-order valence-corrected chi connectivity index (χ2v) is 5.80. The van der Waals surface area contributed by atoms with Crippen LogP contribution < -0.4 is 5.69 Å². The molecule has 0 saturated carbocycles. The molecule has 7 heteroatoms. The quantitative estimate of drug-likeness (QED) is 0.869. The molecule has 1 fully saturated rings. The van der Waals surface area contributed by atoms with E-state index >= 15 is 0 Å². The first-order valence-corrected chi connectivity index (χ1v) is 7.50. The Kier molecular flexibility index (Phi) is 3.96. The lowest BCUT2D eigenvalue weighted by molar-refractivity contribution is -0.0586. The van der Waals surface area contributed by atoms with Crippen LogP contribution in [0.1, 0.15) is 24.2 Å². The Labute approximate surface area is 133 Å². The number of nitrogens with zero attached hydrogens (tertiary/aromatic N) is 2. The first kappa shape index (κ1) is 15.4. The summed E-state index contributed by atoms with van der Waals surface area (Å²) in [6, 6.07) is 6.58. The van der Waals surface area contributed by atoms with Crippen LogP contribution >= 0.6 is 0 Å². The number of rotatable bonds is 2. The lowest BCUT2D eigenvalue weighted by atomic mass is 10.1. The van der Waals surface area contributed by atoms with Gasteiger partial charge in [-0.25, -0.2) is 9.36 Å². The van der Waals surface area contributed by atoms with E-state index in [-0.39, 0.29) is 24.0 Å². The van der Waals surface area contributed by atoms with Gasteiger partial charge in [0.25, 0.3) is 5.91 Å². The number of carbonyl (C=O) groups excluding carboxylic acids is 1. The summed E-state index contributed by atoms with van der Waals surface area (Å²) in [6.07, 6.45) is 1.24. The molecule has 23 heavy (non-hydrogen) atoms. The van der Waals surface area contributed by atoms with E-state index < -0.39 is 5.69 Å². The summed E-state index contributed by atoms with van der Waals surface area (Å²) in [7, 11) is 0. The molecular formula is C16H19N3O4. The minimum Gasteiger partial charge on any atom is -0.493 e. The van der Waals surface area contributed by atoms with Crippen LogP contribution in [0.2, 0.25) is 0 Å². The predicted molar refractivity (Wildman–Crippen MR) is 84.0 cm³/mol. The number of morpholine rings is 1. The number of aromatic hydroxyl groups is 1. The highest BCUT2D eigenvalue weighted by Crippen LogP contribution is 2.17. The predicted octanol–water partition coefficient (Wildman–Crippen LogP) is 1.12. The molecule has 2 heterocycles. The fourth-order valence-electron chi connectivity index (χ4n) is 2.89. The molecule has 0 bridgehead atoms. The third-order valence-electron chi connectivity index (χ3n) is 3.84.